The molecule has 3 aliphatic rings. The fourth-order valence-corrected chi connectivity index (χ4v) is 8.82. The monoisotopic (exact) mass is 644 g/mol. The molecule has 2 aromatic carbocycles. The Morgan fingerprint density at radius 1 is 1.07 bits per heavy atom. The topological polar surface area (TPSA) is 107 Å². The van der Waals surface area contributed by atoms with Crippen molar-refractivity contribution in [2.24, 2.45) is 0 Å². The molecular weight excluding hydrogens is 603 g/mol. The third-order valence-corrected chi connectivity index (χ3v) is 11.7. The number of imidazole rings is 1. The van der Waals surface area contributed by atoms with E-state index in [4.69, 9.17) is 23.2 Å². The van der Waals surface area contributed by atoms with Gasteiger partial charge in [0.25, 0.3) is 0 Å². The van der Waals surface area contributed by atoms with Gasteiger partial charge in [0.2, 0.25) is 0 Å². The zero-order valence-corrected chi connectivity index (χ0v) is 26.7. The molecule has 0 radical (unpaired) electrons. The number of aldehydes is 1. The lowest BCUT2D eigenvalue weighted by atomic mass is 9.82. The predicted octanol–water partition coefficient (Wildman–Crippen LogP) is 4.47. The lowest BCUT2D eigenvalue weighted by Gasteiger charge is -2.59. The molecule has 3 N–H and O–H groups in total. The van der Waals surface area contributed by atoms with Crippen molar-refractivity contribution in [3.05, 3.63) is 68.6 Å². The highest BCUT2D eigenvalue weighted by Crippen LogP contribution is 2.48. The first-order valence-electron chi connectivity index (χ1n) is 15.6. The summed E-state index contributed by atoms with van der Waals surface area (Å²) < 4.78 is 2.46. The molecule has 0 spiro atoms. The Bertz CT molecular complexity index is 1590. The van der Waals surface area contributed by atoms with E-state index in [0.29, 0.717) is 42.0 Å². The Hall–Kier alpha value is -2.73. The maximum absolute atomic E-state index is 13.7. The minimum absolute atomic E-state index is 0.0366. The quantitative estimate of drug-likeness (QED) is 0.259. The highest BCUT2D eigenvalue weighted by Gasteiger charge is 2.63. The summed E-state index contributed by atoms with van der Waals surface area (Å²) >= 11 is 12.6. The van der Waals surface area contributed by atoms with Crippen molar-refractivity contribution in [1.29, 1.82) is 0 Å². The molecular formula is C32H42Cl2N6O4+2. The maximum atomic E-state index is 13.7. The van der Waals surface area contributed by atoms with Gasteiger partial charge < -0.3 is 24.7 Å². The van der Waals surface area contributed by atoms with Crippen LogP contribution in [-0.4, -0.2) is 105 Å². The summed E-state index contributed by atoms with van der Waals surface area (Å²) in [5.41, 5.74) is 0.983. The van der Waals surface area contributed by atoms with E-state index in [1.54, 1.807) is 16.7 Å². The van der Waals surface area contributed by atoms with Gasteiger partial charge in [-0.3, -0.25) is 9.47 Å². The van der Waals surface area contributed by atoms with E-state index in [1.807, 2.05) is 30.3 Å². The van der Waals surface area contributed by atoms with Crippen molar-refractivity contribution in [3.8, 4) is 0 Å². The molecule has 6 rings (SSSR count). The summed E-state index contributed by atoms with van der Waals surface area (Å²) in [7, 11) is 2.34. The Morgan fingerprint density at radius 2 is 1.80 bits per heavy atom. The van der Waals surface area contributed by atoms with Crippen LogP contribution in [-0.2, 0) is 11.3 Å². The maximum Gasteiger partial charge on any atom is 0.515 e. The summed E-state index contributed by atoms with van der Waals surface area (Å²) in [6.45, 7) is 5.90. The fraction of sp³-hybridized carbons (Fsp3) is 0.531. The number of H-pyrrole nitrogens is 1. The van der Waals surface area contributed by atoms with Crippen LogP contribution in [0.2, 0.25) is 10.0 Å². The van der Waals surface area contributed by atoms with Gasteiger partial charge in [-0.25, -0.2) is 9.28 Å². The van der Waals surface area contributed by atoms with E-state index in [2.05, 4.69) is 22.2 Å². The number of likely N-dealkylation sites (tertiary alicyclic amines) is 2. The van der Waals surface area contributed by atoms with Gasteiger partial charge in [0.15, 0.2) is 5.66 Å². The van der Waals surface area contributed by atoms with Crippen LogP contribution in [0.25, 0.3) is 11.0 Å². The number of benzene rings is 2. The summed E-state index contributed by atoms with van der Waals surface area (Å²) in [5, 5.41) is 15.4. The molecule has 2 unspecified atom stereocenters. The molecule has 3 atom stereocenters. The van der Waals surface area contributed by atoms with Gasteiger partial charge in [0.05, 0.1) is 66.3 Å². The number of carboxylic acid groups (broad SMARTS) is 1. The molecule has 10 nitrogen and oxygen atoms in total. The number of hydrogen-bond acceptors (Lipinski definition) is 5. The number of likely N-dealkylation sites (N-methyl/N-ethyl adjacent to an activating group) is 1. The smallest absolute Gasteiger partial charge is 0.435 e. The first kappa shape index (κ1) is 31.3. The Kier molecular flexibility index (Phi) is 8.69. The zero-order valence-electron chi connectivity index (χ0n) is 25.2. The number of quaternary nitrogens is 2. The summed E-state index contributed by atoms with van der Waals surface area (Å²) in [5.74, 6) is 0. The van der Waals surface area contributed by atoms with Crippen molar-refractivity contribution in [3.63, 3.8) is 0 Å². The van der Waals surface area contributed by atoms with Crippen molar-refractivity contribution >= 4 is 46.6 Å². The number of carbonyl (C=O) groups is 2. The van der Waals surface area contributed by atoms with Crippen molar-refractivity contribution < 1.29 is 23.7 Å². The number of piperazine rings is 1. The summed E-state index contributed by atoms with van der Waals surface area (Å²) in [6, 6.07) is 13.0. The second-order valence-corrected chi connectivity index (χ2v) is 13.9. The molecule has 3 aliphatic heterocycles. The number of nitrogens with zero attached hydrogens (tertiary/aromatic N) is 4. The van der Waals surface area contributed by atoms with Crippen molar-refractivity contribution in [2.75, 3.05) is 52.9 Å². The SMILES string of the molecule is C[N+]1(C2CCN(C3(CC=O)CC(n4c(=O)[nH]c5ccccc54)CC[N@+]3(Cc3ccc(Cl)c(Cl)c3)C(=O)O)CC2)CCNCC1. The number of piperidine rings is 2. The largest absolute Gasteiger partial charge is 0.515 e. The summed E-state index contributed by atoms with van der Waals surface area (Å²) in [4.78, 5) is 45.0. The minimum atomic E-state index is -1.08. The van der Waals surface area contributed by atoms with Crippen molar-refractivity contribution in [2.45, 2.75) is 56.4 Å². The molecule has 0 bridgehead atoms. The van der Waals surface area contributed by atoms with E-state index in [-0.39, 0.29) is 35.7 Å². The lowest BCUT2D eigenvalue weighted by Crippen LogP contribution is -2.77. The first-order valence-corrected chi connectivity index (χ1v) is 16.4. The fourth-order valence-electron chi connectivity index (χ4n) is 8.50. The highest BCUT2D eigenvalue weighted by atomic mass is 35.5. The number of fused-ring (bicyclic) bond motifs is 1. The standard InChI is InChI=1S/C32H40Cl2N6O4/c1-39(17-12-35-13-18-39)25-8-14-37(15-9-25)32(11-19-41)21-24(38-29-5-3-2-4-28(29)36-30(38)42)10-16-40(32,31(43)44)22-23-6-7-26(33)27(34)20-23/h2-7,19-20,24-25,35H,8-18,21-22H2,1H3/p+2/t24?,32?,40-/m0/s1. The number of para-hydroxylation sites is 2. The molecule has 3 fully saturated rings. The van der Waals surface area contributed by atoms with Gasteiger partial charge in [-0.15, -0.1) is 0 Å². The summed E-state index contributed by atoms with van der Waals surface area (Å²) in [6.07, 6.45) is 2.58. The van der Waals surface area contributed by atoms with Crippen LogP contribution in [0.1, 0.15) is 43.7 Å². The first-order chi connectivity index (χ1) is 21.1. The number of rotatable bonds is 7. The van der Waals surface area contributed by atoms with E-state index in [1.165, 1.54) is 0 Å². The molecule has 0 aliphatic carbocycles. The van der Waals surface area contributed by atoms with Gasteiger partial charge >= 0.3 is 11.8 Å². The lowest BCUT2D eigenvalue weighted by molar-refractivity contribution is -0.946. The van der Waals surface area contributed by atoms with Crippen molar-refractivity contribution in [1.82, 2.24) is 19.8 Å². The van der Waals surface area contributed by atoms with E-state index >= 15 is 0 Å². The van der Waals surface area contributed by atoms with E-state index in [0.717, 1.165) is 66.4 Å². The molecule has 1 amide bonds. The molecule has 44 heavy (non-hydrogen) atoms. The Morgan fingerprint density at radius 3 is 2.48 bits per heavy atom. The van der Waals surface area contributed by atoms with Crippen LogP contribution in [0.15, 0.2) is 47.3 Å². The molecule has 3 saturated heterocycles. The van der Waals surface area contributed by atoms with Crippen LogP contribution in [0, 0.1) is 0 Å². The second kappa shape index (κ2) is 12.2. The van der Waals surface area contributed by atoms with E-state index in [9.17, 15) is 19.5 Å². The highest BCUT2D eigenvalue weighted by molar-refractivity contribution is 6.42. The number of amides is 1. The van der Waals surface area contributed by atoms with Gasteiger partial charge in [0.1, 0.15) is 12.8 Å². The molecule has 12 heteroatoms. The Labute approximate surface area is 267 Å². The van der Waals surface area contributed by atoms with Crippen LogP contribution in [0.5, 0.6) is 0 Å². The van der Waals surface area contributed by atoms with Gasteiger partial charge in [-0.05, 0) is 24.3 Å². The van der Waals surface area contributed by atoms with Gasteiger partial charge in [-0.1, -0.05) is 41.4 Å². The molecule has 3 aromatic rings. The average Bonchev–Trinajstić information content (AvgIpc) is 3.36. The number of halogens is 2. The van der Waals surface area contributed by atoms with E-state index < -0.39 is 11.8 Å². The number of hydrogen-bond donors (Lipinski definition) is 3. The zero-order chi connectivity index (χ0) is 31.1. The van der Waals surface area contributed by atoms with Gasteiger partial charge in [0, 0.05) is 57.4 Å². The average molecular weight is 646 g/mol. The molecule has 4 heterocycles. The van der Waals surface area contributed by atoms with Crippen LogP contribution >= 0.6 is 23.2 Å². The third-order valence-electron chi connectivity index (χ3n) is 10.9. The number of carbonyl (C=O) groups excluding carboxylic acids is 1. The second-order valence-electron chi connectivity index (χ2n) is 13.1. The Balaban J connectivity index is 1.43. The van der Waals surface area contributed by atoms with Gasteiger partial charge in [-0.2, -0.15) is 4.79 Å². The number of nitrogens with one attached hydrogen (secondary N) is 2. The molecule has 236 valence electrons. The molecule has 1 aromatic heterocycles. The van der Waals surface area contributed by atoms with Crippen LogP contribution in [0.3, 0.4) is 0 Å². The number of aromatic amines is 1. The van der Waals surface area contributed by atoms with Crippen LogP contribution in [0.4, 0.5) is 4.79 Å². The normalized spacial score (nSPS) is 28.2. The predicted molar refractivity (Wildman–Crippen MR) is 171 cm³/mol. The third kappa shape index (κ3) is 5.29. The molecule has 0 saturated carbocycles. The number of aromatic nitrogens is 2. The van der Waals surface area contributed by atoms with Crippen LogP contribution < -0.4 is 11.0 Å². The minimum Gasteiger partial charge on any atom is -0.435 e.